The van der Waals surface area contributed by atoms with Gasteiger partial charge in [-0.2, -0.15) is 5.10 Å². The minimum absolute atomic E-state index is 0.149. The van der Waals surface area contributed by atoms with Crippen LogP contribution < -0.4 is 10.2 Å². The number of hydrogen-bond donors (Lipinski definition) is 2. The largest absolute Gasteiger partial charge is 0.370 e. The van der Waals surface area contributed by atoms with Crippen LogP contribution in [0.1, 0.15) is 39.3 Å². The van der Waals surface area contributed by atoms with Crippen LogP contribution in [0, 0.1) is 19.7 Å². The van der Waals surface area contributed by atoms with Gasteiger partial charge >= 0.3 is 0 Å². The number of aryl methyl sites for hydroxylation is 2. The van der Waals surface area contributed by atoms with E-state index < -0.39 is 0 Å². The second-order valence-corrected chi connectivity index (χ2v) is 8.08. The number of carbonyl (C=O) groups is 1. The van der Waals surface area contributed by atoms with E-state index in [-0.39, 0.29) is 11.7 Å². The Labute approximate surface area is 181 Å². The first kappa shape index (κ1) is 21.4. The number of nitrogens with zero attached hydrogens (tertiary/aromatic N) is 3. The summed E-state index contributed by atoms with van der Waals surface area (Å²) in [6.45, 7) is 9.26. The van der Waals surface area contributed by atoms with Crippen molar-refractivity contribution in [2.75, 3.05) is 39.4 Å². The van der Waals surface area contributed by atoms with E-state index in [1.165, 1.54) is 17.0 Å². The molecule has 0 spiro atoms. The van der Waals surface area contributed by atoms with Gasteiger partial charge in [0, 0.05) is 30.8 Å². The highest BCUT2D eigenvalue weighted by atomic mass is 19.1. The summed E-state index contributed by atoms with van der Waals surface area (Å²) in [5.41, 5.74) is 4.86. The van der Waals surface area contributed by atoms with Gasteiger partial charge in [0.15, 0.2) is 5.65 Å². The van der Waals surface area contributed by atoms with Gasteiger partial charge in [-0.15, -0.1) is 0 Å². The molecule has 3 heterocycles. The molecule has 1 aromatic carbocycles. The van der Waals surface area contributed by atoms with E-state index in [0.29, 0.717) is 24.2 Å². The normalized spacial score (nSPS) is 14.8. The average molecular weight is 427 g/mol. The van der Waals surface area contributed by atoms with Crippen LogP contribution in [-0.2, 0) is 11.2 Å². The zero-order valence-corrected chi connectivity index (χ0v) is 18.1. The summed E-state index contributed by atoms with van der Waals surface area (Å²) in [6.07, 6.45) is 3.14. The number of hydrogen-bond acceptors (Lipinski definition) is 4. The molecule has 1 fully saturated rings. The topological polar surface area (TPSA) is 73.0 Å². The molecule has 1 saturated heterocycles. The van der Waals surface area contributed by atoms with E-state index in [9.17, 15) is 9.18 Å². The molecule has 4 rings (SSSR count). The molecule has 0 unspecified atom stereocenters. The van der Waals surface area contributed by atoms with E-state index in [1.54, 1.807) is 22.8 Å². The lowest BCUT2D eigenvalue weighted by Crippen LogP contribution is -3.14. The quantitative estimate of drug-likeness (QED) is 0.556. The van der Waals surface area contributed by atoms with Crippen molar-refractivity contribution in [1.82, 2.24) is 19.9 Å². The Morgan fingerprint density at radius 2 is 1.97 bits per heavy atom. The van der Waals surface area contributed by atoms with E-state index in [1.807, 2.05) is 13.8 Å². The van der Waals surface area contributed by atoms with Crippen molar-refractivity contribution in [2.24, 2.45) is 0 Å². The molecule has 164 valence electrons. The monoisotopic (exact) mass is 426 g/mol. The SMILES string of the molecule is Cc1nc2c(C(=O)NCCC[NH+]3CCOCC3)cnn2c(C)c1Cc1ccc(F)cc1. The maximum absolute atomic E-state index is 13.2. The molecule has 3 aromatic rings. The smallest absolute Gasteiger partial charge is 0.256 e. The predicted molar refractivity (Wildman–Crippen MR) is 115 cm³/mol. The number of amides is 1. The summed E-state index contributed by atoms with van der Waals surface area (Å²) in [6, 6.07) is 6.48. The van der Waals surface area contributed by atoms with Crippen LogP contribution in [0.4, 0.5) is 4.39 Å². The highest BCUT2D eigenvalue weighted by Crippen LogP contribution is 2.20. The molecule has 2 aromatic heterocycles. The lowest BCUT2D eigenvalue weighted by atomic mass is 10.0. The number of quaternary nitrogens is 1. The fourth-order valence-corrected chi connectivity index (χ4v) is 4.08. The Morgan fingerprint density at radius 1 is 1.23 bits per heavy atom. The van der Waals surface area contributed by atoms with Crippen LogP contribution in [0.25, 0.3) is 5.65 Å². The molecule has 0 saturated carbocycles. The van der Waals surface area contributed by atoms with Gasteiger partial charge in [-0.1, -0.05) is 12.1 Å². The molecule has 1 aliphatic heterocycles. The first-order valence-electron chi connectivity index (χ1n) is 10.8. The van der Waals surface area contributed by atoms with Crippen LogP contribution >= 0.6 is 0 Å². The summed E-state index contributed by atoms with van der Waals surface area (Å²) < 4.78 is 20.3. The highest BCUT2D eigenvalue weighted by Gasteiger charge is 2.19. The van der Waals surface area contributed by atoms with Gasteiger partial charge in [0.2, 0.25) is 0 Å². The third kappa shape index (κ3) is 4.91. The molecular weight excluding hydrogens is 397 g/mol. The maximum Gasteiger partial charge on any atom is 0.256 e. The molecule has 8 heteroatoms. The maximum atomic E-state index is 13.2. The van der Waals surface area contributed by atoms with Crippen molar-refractivity contribution in [3.8, 4) is 0 Å². The minimum atomic E-state index is -0.250. The van der Waals surface area contributed by atoms with Crippen molar-refractivity contribution in [1.29, 1.82) is 0 Å². The molecule has 1 aliphatic rings. The van der Waals surface area contributed by atoms with Crippen molar-refractivity contribution in [3.63, 3.8) is 0 Å². The second kappa shape index (κ2) is 9.53. The number of carbonyl (C=O) groups excluding carboxylic acids is 1. The zero-order valence-electron chi connectivity index (χ0n) is 18.1. The molecule has 0 bridgehead atoms. The van der Waals surface area contributed by atoms with Gasteiger partial charge in [-0.3, -0.25) is 4.79 Å². The Morgan fingerprint density at radius 3 is 2.71 bits per heavy atom. The molecule has 0 radical (unpaired) electrons. The molecule has 7 nitrogen and oxygen atoms in total. The molecule has 2 N–H and O–H groups in total. The third-order valence-corrected chi connectivity index (χ3v) is 5.94. The van der Waals surface area contributed by atoms with Crippen molar-refractivity contribution in [2.45, 2.75) is 26.7 Å². The van der Waals surface area contributed by atoms with Crippen LogP contribution in [0.15, 0.2) is 30.5 Å². The number of fused-ring (bicyclic) bond motifs is 1. The van der Waals surface area contributed by atoms with E-state index in [0.717, 1.165) is 61.8 Å². The number of aromatic nitrogens is 3. The molecule has 31 heavy (non-hydrogen) atoms. The van der Waals surface area contributed by atoms with Gasteiger partial charge in [-0.05, 0) is 37.1 Å². The zero-order chi connectivity index (χ0) is 21.8. The van der Waals surface area contributed by atoms with Crippen LogP contribution in [0.3, 0.4) is 0 Å². The predicted octanol–water partition coefficient (Wildman–Crippen LogP) is 1.11. The minimum Gasteiger partial charge on any atom is -0.370 e. The van der Waals surface area contributed by atoms with Crippen LogP contribution in [0.2, 0.25) is 0 Å². The summed E-state index contributed by atoms with van der Waals surface area (Å²) in [7, 11) is 0. The molecule has 0 aliphatic carbocycles. The fraction of sp³-hybridized carbons (Fsp3) is 0.435. The number of ether oxygens (including phenoxy) is 1. The first-order chi connectivity index (χ1) is 15.0. The first-order valence-corrected chi connectivity index (χ1v) is 10.8. The average Bonchev–Trinajstić information content (AvgIpc) is 3.20. The summed E-state index contributed by atoms with van der Waals surface area (Å²) >= 11 is 0. The van der Waals surface area contributed by atoms with Gasteiger partial charge in [-0.25, -0.2) is 13.9 Å². The summed E-state index contributed by atoms with van der Waals surface area (Å²) in [5.74, 6) is -0.399. The Hall–Kier alpha value is -2.84. The van der Waals surface area contributed by atoms with Crippen LogP contribution in [-0.4, -0.2) is 59.9 Å². The van der Waals surface area contributed by atoms with Crippen LogP contribution in [0.5, 0.6) is 0 Å². The molecular formula is C23H29FN5O2+. The van der Waals surface area contributed by atoms with Gasteiger partial charge in [0.25, 0.3) is 5.91 Å². The summed E-state index contributed by atoms with van der Waals surface area (Å²) in [4.78, 5) is 18.9. The Kier molecular flexibility index (Phi) is 6.58. The lowest BCUT2D eigenvalue weighted by molar-refractivity contribution is -0.908. The lowest BCUT2D eigenvalue weighted by Gasteiger charge is -2.23. The van der Waals surface area contributed by atoms with Gasteiger partial charge in [0.05, 0.1) is 26.0 Å². The number of rotatable bonds is 7. The number of benzene rings is 1. The van der Waals surface area contributed by atoms with Gasteiger partial charge < -0.3 is 15.0 Å². The van der Waals surface area contributed by atoms with Crippen molar-refractivity contribution >= 4 is 11.6 Å². The number of nitrogens with one attached hydrogen (secondary N) is 2. The van der Waals surface area contributed by atoms with E-state index in [4.69, 9.17) is 4.74 Å². The van der Waals surface area contributed by atoms with Crippen molar-refractivity contribution < 1.29 is 18.8 Å². The van der Waals surface area contributed by atoms with E-state index >= 15 is 0 Å². The highest BCUT2D eigenvalue weighted by molar-refractivity contribution is 5.99. The fourth-order valence-electron chi connectivity index (χ4n) is 4.08. The Bertz CT molecular complexity index is 1060. The van der Waals surface area contributed by atoms with E-state index in [2.05, 4.69) is 15.4 Å². The third-order valence-electron chi connectivity index (χ3n) is 5.94. The van der Waals surface area contributed by atoms with Crippen molar-refractivity contribution in [3.05, 3.63) is 64.4 Å². The Balaban J connectivity index is 1.44. The number of halogens is 1. The summed E-state index contributed by atoms with van der Waals surface area (Å²) in [5, 5.41) is 7.42. The number of morpholine rings is 1. The molecule has 1 amide bonds. The standard InChI is InChI=1S/C23H28FN5O2/c1-16-20(14-18-4-6-19(24)7-5-18)17(2)29-22(27-16)21(15-26-29)23(30)25-8-3-9-28-10-12-31-13-11-28/h4-7,15H,3,8-14H2,1-2H3,(H,25,30)/p+1. The second-order valence-electron chi connectivity index (χ2n) is 8.08. The van der Waals surface area contributed by atoms with Gasteiger partial charge in [0.1, 0.15) is 24.5 Å². The molecule has 0 atom stereocenters.